The minimum atomic E-state index is -0.826. The Morgan fingerprint density at radius 2 is 0.611 bits per heavy atom. The molecule has 8 aromatic rings. The summed E-state index contributed by atoms with van der Waals surface area (Å²) in [4.78, 5) is 0. The summed E-state index contributed by atoms with van der Waals surface area (Å²) in [7, 11) is 11.0. The Morgan fingerprint density at radius 1 is 0.389 bits per heavy atom. The van der Waals surface area contributed by atoms with Gasteiger partial charge in [-0.3, -0.25) is 0 Å². The molecular weight excluding hydrogens is 791 g/mol. The van der Waals surface area contributed by atoms with E-state index in [0.717, 1.165) is 9.52 Å². The van der Waals surface area contributed by atoms with E-state index in [-0.39, 0.29) is 0 Å². The predicted molar refractivity (Wildman–Crippen MR) is 238 cm³/mol. The number of hydrogen-bond donors (Lipinski definition) is 0. The van der Waals surface area contributed by atoms with Gasteiger partial charge in [-0.1, -0.05) is 204 Å². The van der Waals surface area contributed by atoms with E-state index in [1.165, 1.54) is 99.4 Å². The Morgan fingerprint density at radius 3 is 0.870 bits per heavy atom. The van der Waals surface area contributed by atoms with Crippen LogP contribution in [-0.2, 0) is 20.8 Å². The van der Waals surface area contributed by atoms with Gasteiger partial charge >= 0.3 is 37.9 Å². The van der Waals surface area contributed by atoms with Crippen molar-refractivity contribution in [3.05, 3.63) is 179 Å². The molecule has 0 amide bonds. The molecule has 0 N–H and O–H groups in total. The van der Waals surface area contributed by atoms with Gasteiger partial charge in [0.1, 0.15) is 0 Å². The maximum atomic E-state index is 4.93. The number of benzene rings is 6. The molecule has 0 nitrogen and oxygen atoms in total. The first-order chi connectivity index (χ1) is 26.1. The second-order valence-corrected chi connectivity index (χ2v) is 18.8. The van der Waals surface area contributed by atoms with Gasteiger partial charge in [-0.15, -0.1) is 44.8 Å². The molecule has 270 valence electrons. The molecule has 0 aliphatic carbocycles. The molecule has 0 atom stereocenters. The topological polar surface area (TPSA) is 0 Å². The van der Waals surface area contributed by atoms with Crippen LogP contribution in [0.2, 0.25) is 13.1 Å². The van der Waals surface area contributed by atoms with Crippen molar-refractivity contribution in [2.75, 3.05) is 0 Å². The third-order valence-electron chi connectivity index (χ3n) is 9.51. The van der Waals surface area contributed by atoms with E-state index in [1.807, 2.05) is 0 Å². The van der Waals surface area contributed by atoms with Crippen molar-refractivity contribution in [2.24, 2.45) is 0 Å². The Hall–Kier alpha value is -3.78. The van der Waals surface area contributed by atoms with Crippen LogP contribution in [0.25, 0.3) is 66.1 Å². The molecule has 0 spiro atoms. The van der Waals surface area contributed by atoms with Crippen LogP contribution in [0.4, 0.5) is 0 Å². The molecule has 8 rings (SSSR count). The minimum absolute atomic E-state index is 0.826. The second-order valence-electron chi connectivity index (χ2n) is 14.1. The first-order valence-corrected chi connectivity index (χ1v) is 26.6. The number of hydrogen-bond acceptors (Lipinski definition) is 0. The first-order valence-electron chi connectivity index (χ1n) is 18.3. The van der Waals surface area contributed by atoms with Gasteiger partial charge in [0, 0.05) is 9.52 Å². The van der Waals surface area contributed by atoms with Crippen LogP contribution in [0.3, 0.4) is 0 Å². The molecule has 0 aromatic heterocycles. The van der Waals surface area contributed by atoms with Gasteiger partial charge in [-0.2, -0.15) is 12.1 Å². The third-order valence-corrected chi connectivity index (χ3v) is 9.51. The van der Waals surface area contributed by atoms with E-state index in [2.05, 4.69) is 200 Å². The van der Waals surface area contributed by atoms with Crippen molar-refractivity contribution in [1.82, 2.24) is 0 Å². The second kappa shape index (κ2) is 19.7. The third kappa shape index (κ3) is 10.3. The van der Waals surface area contributed by atoms with Crippen LogP contribution >= 0.6 is 17.0 Å². The quantitative estimate of drug-likeness (QED) is 0.122. The Balaban J connectivity index is 0.000000182. The van der Waals surface area contributed by atoms with Crippen LogP contribution in [-0.4, -0.2) is 9.52 Å². The van der Waals surface area contributed by atoms with Crippen LogP contribution in [0.5, 0.6) is 0 Å². The van der Waals surface area contributed by atoms with Crippen molar-refractivity contribution in [2.45, 2.75) is 54.6 Å². The fourth-order valence-electron chi connectivity index (χ4n) is 6.83. The average molecular weight is 839 g/mol. The van der Waals surface area contributed by atoms with Gasteiger partial charge in [0.05, 0.1) is 0 Å². The Kier molecular flexibility index (Phi) is 15.1. The molecule has 0 unspecified atom stereocenters. The molecule has 0 fully saturated rings. The zero-order chi connectivity index (χ0) is 38.8. The summed E-state index contributed by atoms with van der Waals surface area (Å²) >= 11 is -0.826. The summed E-state index contributed by atoms with van der Waals surface area (Å²) in [5, 5.41) is 5.37. The summed E-state index contributed by atoms with van der Waals surface area (Å²) in [6, 6.07) is 53.5. The molecule has 0 aliphatic rings. The number of fused-ring (bicyclic) bond motifs is 2. The van der Waals surface area contributed by atoms with Gasteiger partial charge in [0.25, 0.3) is 0 Å². The van der Waals surface area contributed by atoms with Crippen LogP contribution in [0.15, 0.2) is 146 Å². The van der Waals surface area contributed by atoms with Gasteiger partial charge in [0.15, 0.2) is 0 Å². The number of aryl methyl sites for hydroxylation is 6. The maximum absolute atomic E-state index is 4.93. The summed E-state index contributed by atoms with van der Waals surface area (Å²) in [6.07, 6.45) is 0. The summed E-state index contributed by atoms with van der Waals surface area (Å²) < 4.78 is 0. The Labute approximate surface area is 344 Å². The first kappa shape index (κ1) is 41.4. The molecule has 0 aliphatic heterocycles. The van der Waals surface area contributed by atoms with E-state index >= 15 is 0 Å². The number of rotatable bonds is 4. The molecule has 0 bridgehead atoms. The summed E-state index contributed by atoms with van der Waals surface area (Å²) in [5.41, 5.74) is 18.2. The number of halogens is 2. The Bertz CT molecular complexity index is 2060. The fraction of sp³-hybridized carbons (Fsp3) is 0.160. The van der Waals surface area contributed by atoms with Crippen LogP contribution in [0, 0.1) is 41.5 Å². The zero-order valence-corrected chi connectivity index (χ0v) is 37.6. The van der Waals surface area contributed by atoms with Crippen LogP contribution < -0.4 is 0 Å². The summed E-state index contributed by atoms with van der Waals surface area (Å²) in [6.45, 7) is 17.2. The van der Waals surface area contributed by atoms with E-state index < -0.39 is 20.8 Å². The molecule has 0 saturated carbocycles. The molecule has 0 heterocycles. The SMILES string of the molecule is C[Si]C.Cc1ccc(-c2ccc(-c3ccc(C)cc3)c3[cH-]c(C)cc23)cc1.Cc1ccc(-c2ccc(-c3ccc(C)cc3)c3[cH-]c(C)cc23)cc1.[Cl][Zr+2][Cl]. The molecule has 4 heteroatoms. The van der Waals surface area contributed by atoms with Gasteiger partial charge in [-0.05, 0) is 38.8 Å². The summed E-state index contributed by atoms with van der Waals surface area (Å²) in [5.74, 6) is 0. The molecule has 54 heavy (non-hydrogen) atoms. The van der Waals surface area contributed by atoms with Crippen molar-refractivity contribution < 1.29 is 20.8 Å². The van der Waals surface area contributed by atoms with E-state index in [9.17, 15) is 0 Å². The van der Waals surface area contributed by atoms with Crippen LogP contribution in [0.1, 0.15) is 33.4 Å². The fourth-order valence-corrected chi connectivity index (χ4v) is 6.83. The molecular formula is C50H48Cl2SiZr. The predicted octanol–water partition coefficient (Wildman–Crippen LogP) is 15.8. The monoisotopic (exact) mass is 836 g/mol. The van der Waals surface area contributed by atoms with Crippen molar-refractivity contribution in [3.63, 3.8) is 0 Å². The normalized spacial score (nSPS) is 10.4. The van der Waals surface area contributed by atoms with E-state index in [1.54, 1.807) is 0 Å². The van der Waals surface area contributed by atoms with E-state index in [4.69, 9.17) is 17.0 Å². The van der Waals surface area contributed by atoms with Crippen molar-refractivity contribution >= 4 is 48.1 Å². The molecule has 2 radical (unpaired) electrons. The van der Waals surface area contributed by atoms with Gasteiger partial charge in [0.2, 0.25) is 0 Å². The standard InChI is InChI=1S/2C24H21.C2H6Si.2ClH.Zr/c2*1-16-4-8-19(9-5-16)21-12-13-22(20-10-6-17(2)7-11-20)24-15-18(3)14-23(21)24;1-3-2;;;/h2*4-15H,1-3H3;1-2H3;2*1H;/q2*-1;;;;+4/p-2. The van der Waals surface area contributed by atoms with Gasteiger partial charge < -0.3 is 0 Å². The van der Waals surface area contributed by atoms with E-state index in [0.29, 0.717) is 0 Å². The van der Waals surface area contributed by atoms with Gasteiger partial charge in [-0.25, -0.2) is 0 Å². The van der Waals surface area contributed by atoms with Crippen molar-refractivity contribution in [1.29, 1.82) is 0 Å². The average Bonchev–Trinajstić information content (AvgIpc) is 3.75. The molecule has 0 saturated heterocycles. The molecule has 8 aromatic carbocycles. The zero-order valence-electron chi connectivity index (χ0n) is 32.6. The van der Waals surface area contributed by atoms with Crippen molar-refractivity contribution in [3.8, 4) is 44.5 Å².